The van der Waals surface area contributed by atoms with Gasteiger partial charge in [0.25, 0.3) is 5.91 Å². The van der Waals surface area contributed by atoms with Crippen molar-refractivity contribution in [2.75, 3.05) is 18.5 Å². The van der Waals surface area contributed by atoms with Crippen LogP contribution >= 0.6 is 11.6 Å². The Kier molecular flexibility index (Phi) is 7.20. The molecule has 0 bridgehead atoms. The largest absolute Gasteiger partial charge is 0.754 e. The van der Waals surface area contributed by atoms with Gasteiger partial charge in [0.1, 0.15) is 16.8 Å². The van der Waals surface area contributed by atoms with Crippen LogP contribution in [0.1, 0.15) is 43.1 Å². The summed E-state index contributed by atoms with van der Waals surface area (Å²) in [4.78, 5) is 26.3. The van der Waals surface area contributed by atoms with Crippen molar-refractivity contribution in [1.29, 1.82) is 0 Å². The fourth-order valence-electron chi connectivity index (χ4n) is 4.26. The van der Waals surface area contributed by atoms with E-state index in [1.165, 1.54) is 12.4 Å². The molecule has 0 spiro atoms. The number of halogens is 1. The maximum atomic E-state index is 13.2. The van der Waals surface area contributed by atoms with Crippen molar-refractivity contribution in [2.24, 2.45) is 0 Å². The minimum Gasteiger partial charge on any atom is -0.754 e. The lowest BCUT2D eigenvalue weighted by molar-refractivity contribution is 0.0697. The number of hydrogen-bond acceptors (Lipinski definition) is 9. The SMILES string of the molecule is CC(C)n1c(Cl)c(C(=O)NC2CCOCC2)c2cnc(Nc3ccnc(-c4cnn(S(=O)[O-])c4)n3)cc21. The molecule has 1 aliphatic rings. The van der Waals surface area contributed by atoms with Crippen LogP contribution in [0.5, 0.6) is 0 Å². The van der Waals surface area contributed by atoms with Gasteiger partial charge in [0.05, 0.1) is 40.3 Å². The number of anilines is 2. The number of nitrogens with one attached hydrogen (secondary N) is 2. The highest BCUT2D eigenvalue weighted by atomic mass is 35.5. The second-order valence-electron chi connectivity index (χ2n) is 8.82. The summed E-state index contributed by atoms with van der Waals surface area (Å²) in [5, 5.41) is 11.0. The van der Waals surface area contributed by atoms with Gasteiger partial charge in [-0.2, -0.15) is 9.19 Å². The van der Waals surface area contributed by atoms with Crippen molar-refractivity contribution >= 4 is 51.3 Å². The molecule has 12 nitrogen and oxygen atoms in total. The molecular weight excluding hydrogens is 520 g/mol. The first kappa shape index (κ1) is 25.3. The fraction of sp³-hybridized carbons (Fsp3) is 0.348. The smallest absolute Gasteiger partial charge is 0.255 e. The number of carbonyl (C=O) groups is 1. The molecule has 1 saturated heterocycles. The maximum absolute atomic E-state index is 13.2. The first-order valence-electron chi connectivity index (χ1n) is 11.6. The summed E-state index contributed by atoms with van der Waals surface area (Å²) in [6.45, 7) is 5.22. The van der Waals surface area contributed by atoms with Crippen LogP contribution in [0, 0.1) is 0 Å². The van der Waals surface area contributed by atoms with E-state index >= 15 is 0 Å². The van der Waals surface area contributed by atoms with Gasteiger partial charge in [0, 0.05) is 49.1 Å². The number of amides is 1. The lowest BCUT2D eigenvalue weighted by atomic mass is 10.1. The van der Waals surface area contributed by atoms with Crippen LogP contribution in [0.25, 0.3) is 22.3 Å². The quantitative estimate of drug-likeness (QED) is 0.334. The summed E-state index contributed by atoms with van der Waals surface area (Å²) in [6.07, 6.45) is 7.36. The molecule has 1 fully saturated rings. The third-order valence-corrected chi connectivity index (χ3v) is 6.89. The first-order chi connectivity index (χ1) is 17.8. The zero-order valence-electron chi connectivity index (χ0n) is 20.0. The standard InChI is InChI=1S/C23H25ClN8O4S/c1-13(2)32-17-9-19(29-18-3-6-25-22(30-18)14-10-27-31(12-14)37(34)35)26-11-16(17)20(21(32)24)23(33)28-15-4-7-36-8-5-15/h3,6,9-13,15H,4-5,7-8H2,1-2H3,(H,28,33)(H,34,35)(H,25,26,29,30)/p-1. The number of hydrogen-bond donors (Lipinski definition) is 2. The Morgan fingerprint density at radius 2 is 2.03 bits per heavy atom. The third-order valence-electron chi connectivity index (χ3n) is 6.01. The number of rotatable bonds is 7. The lowest BCUT2D eigenvalue weighted by Gasteiger charge is -2.23. The van der Waals surface area contributed by atoms with Gasteiger partial charge in [-0.1, -0.05) is 11.6 Å². The molecule has 0 aromatic carbocycles. The van der Waals surface area contributed by atoms with Gasteiger partial charge in [0.15, 0.2) is 5.82 Å². The summed E-state index contributed by atoms with van der Waals surface area (Å²) in [6, 6.07) is 3.50. The van der Waals surface area contributed by atoms with E-state index in [2.05, 4.69) is 30.7 Å². The highest BCUT2D eigenvalue weighted by Crippen LogP contribution is 2.34. The molecule has 194 valence electrons. The summed E-state index contributed by atoms with van der Waals surface area (Å²) >= 11 is 4.22. The first-order valence-corrected chi connectivity index (χ1v) is 13.1. The normalized spacial score (nSPS) is 15.3. The Bertz CT molecular complexity index is 1480. The van der Waals surface area contributed by atoms with Crippen molar-refractivity contribution in [3.63, 3.8) is 0 Å². The zero-order valence-corrected chi connectivity index (χ0v) is 21.6. The van der Waals surface area contributed by atoms with Crippen molar-refractivity contribution in [3.8, 4) is 11.4 Å². The molecule has 37 heavy (non-hydrogen) atoms. The number of pyridine rings is 1. The van der Waals surface area contributed by atoms with E-state index in [-0.39, 0.29) is 18.0 Å². The van der Waals surface area contributed by atoms with Crippen LogP contribution in [-0.2, 0) is 16.0 Å². The summed E-state index contributed by atoms with van der Waals surface area (Å²) in [5.41, 5.74) is 1.59. The summed E-state index contributed by atoms with van der Waals surface area (Å²) in [5.74, 6) is 0.993. The van der Waals surface area contributed by atoms with Gasteiger partial charge in [-0.25, -0.2) is 15.0 Å². The topological polar surface area (TPSA) is 152 Å². The van der Waals surface area contributed by atoms with Gasteiger partial charge < -0.3 is 24.5 Å². The zero-order chi connectivity index (χ0) is 26.1. The van der Waals surface area contributed by atoms with Crippen LogP contribution in [0.3, 0.4) is 0 Å². The summed E-state index contributed by atoms with van der Waals surface area (Å²) in [7, 11) is 0. The van der Waals surface area contributed by atoms with E-state index in [1.807, 2.05) is 24.5 Å². The van der Waals surface area contributed by atoms with Crippen molar-refractivity contribution in [3.05, 3.63) is 47.6 Å². The Morgan fingerprint density at radius 3 is 2.73 bits per heavy atom. The summed E-state index contributed by atoms with van der Waals surface area (Å²) < 4.78 is 30.3. The Labute approximate surface area is 219 Å². The van der Waals surface area contributed by atoms with Crippen LogP contribution < -0.4 is 10.6 Å². The van der Waals surface area contributed by atoms with Crippen molar-refractivity contribution in [2.45, 2.75) is 38.8 Å². The van der Waals surface area contributed by atoms with Gasteiger partial charge >= 0.3 is 0 Å². The molecule has 1 unspecified atom stereocenters. The van der Waals surface area contributed by atoms with Gasteiger partial charge in [0.2, 0.25) is 0 Å². The number of ether oxygens (including phenoxy) is 1. The highest BCUT2D eigenvalue weighted by molar-refractivity contribution is 7.77. The van der Waals surface area contributed by atoms with E-state index in [0.29, 0.717) is 52.3 Å². The Morgan fingerprint density at radius 1 is 1.24 bits per heavy atom. The number of nitrogens with zero attached hydrogens (tertiary/aromatic N) is 6. The number of carbonyl (C=O) groups excluding carboxylic acids is 1. The lowest BCUT2D eigenvalue weighted by Crippen LogP contribution is -2.39. The number of aromatic nitrogens is 6. The Balaban J connectivity index is 1.45. The highest BCUT2D eigenvalue weighted by Gasteiger charge is 2.26. The van der Waals surface area contributed by atoms with Crippen LogP contribution in [0.15, 0.2) is 36.9 Å². The van der Waals surface area contributed by atoms with Gasteiger partial charge in [-0.15, -0.1) is 0 Å². The van der Waals surface area contributed by atoms with Gasteiger partial charge in [-0.3, -0.25) is 9.00 Å². The molecule has 4 aromatic heterocycles. The average Bonchev–Trinajstić information content (AvgIpc) is 3.47. The Hall–Kier alpha value is -3.39. The third kappa shape index (κ3) is 5.21. The molecule has 0 radical (unpaired) electrons. The van der Waals surface area contributed by atoms with Crippen molar-refractivity contribution < 1.29 is 18.3 Å². The predicted molar refractivity (Wildman–Crippen MR) is 137 cm³/mol. The second-order valence-corrected chi connectivity index (χ2v) is 9.98. The van der Waals surface area contributed by atoms with Crippen LogP contribution in [0.4, 0.5) is 11.6 Å². The average molecular weight is 544 g/mol. The van der Waals surface area contributed by atoms with E-state index in [9.17, 15) is 13.6 Å². The number of fused-ring (bicyclic) bond motifs is 1. The maximum Gasteiger partial charge on any atom is 0.255 e. The molecule has 0 saturated carbocycles. The molecule has 4 aromatic rings. The molecule has 1 atom stereocenters. The molecule has 5 heterocycles. The van der Waals surface area contributed by atoms with E-state index in [4.69, 9.17) is 16.3 Å². The van der Waals surface area contributed by atoms with Crippen LogP contribution in [-0.4, -0.2) is 62.6 Å². The predicted octanol–water partition coefficient (Wildman–Crippen LogP) is 3.22. The van der Waals surface area contributed by atoms with E-state index in [0.717, 1.165) is 22.4 Å². The molecule has 2 N–H and O–H groups in total. The monoisotopic (exact) mass is 543 g/mol. The van der Waals surface area contributed by atoms with E-state index < -0.39 is 11.3 Å². The molecule has 5 rings (SSSR count). The fourth-order valence-corrected chi connectivity index (χ4v) is 5.06. The van der Waals surface area contributed by atoms with E-state index in [1.54, 1.807) is 18.5 Å². The minimum atomic E-state index is -2.52. The van der Waals surface area contributed by atoms with Crippen molar-refractivity contribution in [1.82, 2.24) is 34.0 Å². The molecule has 1 aliphatic heterocycles. The molecule has 1 amide bonds. The molecule has 14 heteroatoms. The second kappa shape index (κ2) is 10.5. The van der Waals surface area contributed by atoms with Crippen LogP contribution in [0.2, 0.25) is 5.15 Å². The van der Waals surface area contributed by atoms with Gasteiger partial charge in [-0.05, 0) is 32.8 Å². The molecular formula is C23H24ClN8O4S-. The minimum absolute atomic E-state index is 0.0105. The molecule has 0 aliphatic carbocycles.